The van der Waals surface area contributed by atoms with Crippen molar-refractivity contribution in [2.24, 2.45) is 5.73 Å². The first-order valence-corrected chi connectivity index (χ1v) is 6.10. The maximum absolute atomic E-state index is 10.5. The number of nitrogen functional groups attached to an aromatic ring is 1. The van der Waals surface area contributed by atoms with E-state index in [-0.39, 0.29) is 11.5 Å². The molecule has 3 N–H and O–H groups in total. The number of amidine groups is 1. The summed E-state index contributed by atoms with van der Waals surface area (Å²) in [6, 6.07) is 9.74. The number of hydrogen-bond acceptors (Lipinski definition) is 5. The first kappa shape index (κ1) is 13.0. The lowest BCUT2D eigenvalue weighted by Crippen LogP contribution is -2.12. The molecule has 0 aliphatic carbocycles. The minimum atomic E-state index is -0.433. The highest BCUT2D eigenvalue weighted by atomic mass is 32.2. The monoisotopic (exact) mass is 274 g/mol. The van der Waals surface area contributed by atoms with Crippen LogP contribution < -0.4 is 5.73 Å². The molecule has 0 spiro atoms. The summed E-state index contributed by atoms with van der Waals surface area (Å²) < 4.78 is 0. The molecule has 96 valence electrons. The molecule has 0 aliphatic heterocycles. The van der Waals surface area contributed by atoms with Gasteiger partial charge in [0.05, 0.1) is 4.92 Å². The van der Waals surface area contributed by atoms with E-state index in [1.165, 1.54) is 23.9 Å². The van der Waals surface area contributed by atoms with E-state index >= 15 is 0 Å². The van der Waals surface area contributed by atoms with Crippen LogP contribution in [-0.2, 0) is 0 Å². The molecule has 1 heterocycles. The zero-order valence-corrected chi connectivity index (χ0v) is 10.6. The van der Waals surface area contributed by atoms with Gasteiger partial charge in [-0.1, -0.05) is 11.8 Å². The smallest absolute Gasteiger partial charge is 0.269 e. The molecule has 0 saturated heterocycles. The van der Waals surface area contributed by atoms with E-state index in [4.69, 9.17) is 11.1 Å². The number of aromatic nitrogens is 1. The molecule has 0 aliphatic rings. The summed E-state index contributed by atoms with van der Waals surface area (Å²) in [5.41, 5.74) is 5.80. The van der Waals surface area contributed by atoms with Crippen molar-refractivity contribution in [3.63, 3.8) is 0 Å². The minimum absolute atomic E-state index is 0.0643. The lowest BCUT2D eigenvalue weighted by Gasteiger charge is -2.02. The van der Waals surface area contributed by atoms with Gasteiger partial charge in [-0.15, -0.1) is 0 Å². The predicted octanol–water partition coefficient (Wildman–Crippen LogP) is 2.43. The number of rotatable bonds is 4. The Morgan fingerprint density at radius 2 is 1.84 bits per heavy atom. The van der Waals surface area contributed by atoms with E-state index in [0.29, 0.717) is 5.69 Å². The molecule has 0 amide bonds. The Balaban J connectivity index is 2.12. The SMILES string of the molecule is N=C(N)c1ccc(Sc2ccc([N+](=O)[O-])cc2)cn1. The molecule has 2 rings (SSSR count). The molecule has 1 aromatic heterocycles. The predicted molar refractivity (Wildman–Crippen MR) is 72.5 cm³/mol. The van der Waals surface area contributed by atoms with Gasteiger partial charge in [-0.3, -0.25) is 20.5 Å². The van der Waals surface area contributed by atoms with Gasteiger partial charge in [0.1, 0.15) is 11.5 Å². The average Bonchev–Trinajstić information content (AvgIpc) is 2.40. The number of pyridine rings is 1. The van der Waals surface area contributed by atoms with E-state index < -0.39 is 4.92 Å². The van der Waals surface area contributed by atoms with Gasteiger partial charge in [0.2, 0.25) is 0 Å². The van der Waals surface area contributed by atoms with Crippen LogP contribution in [0.3, 0.4) is 0 Å². The lowest BCUT2D eigenvalue weighted by atomic mass is 10.3. The van der Waals surface area contributed by atoms with Crippen molar-refractivity contribution in [1.29, 1.82) is 5.41 Å². The summed E-state index contributed by atoms with van der Waals surface area (Å²) in [6.45, 7) is 0. The van der Waals surface area contributed by atoms with Crippen molar-refractivity contribution in [3.8, 4) is 0 Å². The number of nitro benzene ring substituents is 1. The molecular weight excluding hydrogens is 264 g/mol. The topological polar surface area (TPSA) is 106 Å². The Morgan fingerprint density at radius 1 is 1.21 bits per heavy atom. The second kappa shape index (κ2) is 5.49. The van der Waals surface area contributed by atoms with Crippen LogP contribution in [0.2, 0.25) is 0 Å². The third kappa shape index (κ3) is 3.29. The Labute approximate surface area is 113 Å². The third-order valence-corrected chi connectivity index (χ3v) is 3.28. The standard InChI is InChI=1S/C12H10N4O2S/c13-12(14)11-6-5-10(7-15-11)19-9-3-1-8(2-4-9)16(17)18/h1-7H,(H3,13,14). The van der Waals surface area contributed by atoms with E-state index in [0.717, 1.165) is 9.79 Å². The number of nitrogens with zero attached hydrogens (tertiary/aromatic N) is 2. The highest BCUT2D eigenvalue weighted by Gasteiger charge is 2.05. The average molecular weight is 274 g/mol. The second-order valence-corrected chi connectivity index (χ2v) is 4.79. The first-order chi connectivity index (χ1) is 9.06. The number of benzene rings is 1. The fourth-order valence-corrected chi connectivity index (χ4v) is 2.16. The van der Waals surface area contributed by atoms with Gasteiger partial charge in [-0.05, 0) is 24.3 Å². The minimum Gasteiger partial charge on any atom is -0.382 e. The van der Waals surface area contributed by atoms with Crippen molar-refractivity contribution < 1.29 is 4.92 Å². The zero-order chi connectivity index (χ0) is 13.8. The van der Waals surface area contributed by atoms with Crippen LogP contribution in [0.1, 0.15) is 5.69 Å². The van der Waals surface area contributed by atoms with Gasteiger partial charge in [-0.25, -0.2) is 0 Å². The fraction of sp³-hybridized carbons (Fsp3) is 0. The molecular formula is C12H10N4O2S. The van der Waals surface area contributed by atoms with E-state index in [1.807, 2.05) is 0 Å². The summed E-state index contributed by atoms with van der Waals surface area (Å²) >= 11 is 1.43. The van der Waals surface area contributed by atoms with Crippen LogP contribution in [-0.4, -0.2) is 15.7 Å². The number of non-ortho nitro benzene ring substituents is 1. The molecule has 1 aromatic carbocycles. The van der Waals surface area contributed by atoms with Crippen LogP contribution in [0.5, 0.6) is 0 Å². The normalized spacial score (nSPS) is 10.1. The Morgan fingerprint density at radius 3 is 2.32 bits per heavy atom. The number of nitrogens with two attached hydrogens (primary N) is 1. The summed E-state index contributed by atoms with van der Waals surface area (Å²) in [6.07, 6.45) is 1.61. The maximum Gasteiger partial charge on any atom is 0.269 e. The van der Waals surface area contributed by atoms with Crippen molar-refractivity contribution in [3.05, 3.63) is 58.4 Å². The molecule has 0 atom stereocenters. The van der Waals surface area contributed by atoms with E-state index in [1.54, 1.807) is 30.5 Å². The highest BCUT2D eigenvalue weighted by Crippen LogP contribution is 2.28. The van der Waals surface area contributed by atoms with Gasteiger partial charge in [0.25, 0.3) is 5.69 Å². The van der Waals surface area contributed by atoms with Crippen LogP contribution in [0, 0.1) is 15.5 Å². The zero-order valence-electron chi connectivity index (χ0n) is 9.74. The highest BCUT2D eigenvalue weighted by molar-refractivity contribution is 7.99. The number of hydrogen-bond donors (Lipinski definition) is 2. The molecule has 6 nitrogen and oxygen atoms in total. The molecule has 0 unspecified atom stereocenters. The van der Waals surface area contributed by atoms with E-state index in [2.05, 4.69) is 4.98 Å². The van der Waals surface area contributed by atoms with Gasteiger partial charge in [0, 0.05) is 28.1 Å². The fourth-order valence-electron chi connectivity index (χ4n) is 1.37. The number of nitrogens with one attached hydrogen (secondary N) is 1. The largest absolute Gasteiger partial charge is 0.382 e. The van der Waals surface area contributed by atoms with Gasteiger partial charge < -0.3 is 5.73 Å². The van der Waals surface area contributed by atoms with Gasteiger partial charge >= 0.3 is 0 Å². The van der Waals surface area contributed by atoms with Gasteiger partial charge in [0.15, 0.2) is 0 Å². The van der Waals surface area contributed by atoms with Crippen LogP contribution in [0.15, 0.2) is 52.4 Å². The van der Waals surface area contributed by atoms with Crippen LogP contribution in [0.4, 0.5) is 5.69 Å². The maximum atomic E-state index is 10.5. The van der Waals surface area contributed by atoms with Crippen molar-refractivity contribution in [1.82, 2.24) is 4.98 Å². The molecule has 0 radical (unpaired) electrons. The molecule has 7 heteroatoms. The molecule has 0 bridgehead atoms. The first-order valence-electron chi connectivity index (χ1n) is 5.29. The van der Waals surface area contributed by atoms with Crippen LogP contribution >= 0.6 is 11.8 Å². The second-order valence-electron chi connectivity index (χ2n) is 3.65. The summed E-state index contributed by atoms with van der Waals surface area (Å²) in [7, 11) is 0. The molecule has 19 heavy (non-hydrogen) atoms. The van der Waals surface area contributed by atoms with Crippen molar-refractivity contribution >= 4 is 23.3 Å². The van der Waals surface area contributed by atoms with Crippen molar-refractivity contribution in [2.75, 3.05) is 0 Å². The van der Waals surface area contributed by atoms with E-state index in [9.17, 15) is 10.1 Å². The van der Waals surface area contributed by atoms with Crippen LogP contribution in [0.25, 0.3) is 0 Å². The number of nitro groups is 1. The summed E-state index contributed by atoms with van der Waals surface area (Å²) in [5.74, 6) is -0.0770. The van der Waals surface area contributed by atoms with Gasteiger partial charge in [-0.2, -0.15) is 0 Å². The third-order valence-electron chi connectivity index (χ3n) is 2.30. The summed E-state index contributed by atoms with van der Waals surface area (Å²) in [4.78, 5) is 15.9. The van der Waals surface area contributed by atoms with Crippen molar-refractivity contribution in [2.45, 2.75) is 9.79 Å². The molecule has 0 saturated carbocycles. The Kier molecular flexibility index (Phi) is 3.76. The quantitative estimate of drug-likeness (QED) is 0.385. The molecule has 2 aromatic rings. The Hall–Kier alpha value is -2.41. The summed E-state index contributed by atoms with van der Waals surface area (Å²) in [5, 5.41) is 17.8. The molecule has 0 fully saturated rings. The lowest BCUT2D eigenvalue weighted by molar-refractivity contribution is -0.384. The Bertz CT molecular complexity index is 555.